The summed E-state index contributed by atoms with van der Waals surface area (Å²) in [5.74, 6) is 1.03. The van der Waals surface area contributed by atoms with Crippen LogP contribution in [0.25, 0.3) is 0 Å². The molecule has 3 heteroatoms. The Bertz CT molecular complexity index is 293. The Kier molecular flexibility index (Phi) is 4.68. The summed E-state index contributed by atoms with van der Waals surface area (Å²) in [5.41, 5.74) is -0.263. The smallest absolute Gasteiger partial charge is 0.336 e. The van der Waals surface area contributed by atoms with Gasteiger partial charge in [0.15, 0.2) is 5.09 Å². The van der Waals surface area contributed by atoms with Crippen molar-refractivity contribution in [2.75, 3.05) is 5.75 Å². The first-order chi connectivity index (χ1) is 6.33. The van der Waals surface area contributed by atoms with E-state index in [2.05, 4.69) is 6.92 Å². The van der Waals surface area contributed by atoms with Gasteiger partial charge in [-0.25, -0.2) is 4.79 Å². The van der Waals surface area contributed by atoms with Crippen molar-refractivity contribution < 1.29 is 4.42 Å². The highest BCUT2D eigenvalue weighted by molar-refractivity contribution is 7.99. The van der Waals surface area contributed by atoms with Gasteiger partial charge in [0.1, 0.15) is 0 Å². The van der Waals surface area contributed by atoms with Gasteiger partial charge in [-0.05, 0) is 12.5 Å². The monoisotopic (exact) mass is 198 g/mol. The SMILES string of the molecule is CCCCCSc1cccc(=O)o1. The van der Waals surface area contributed by atoms with Crippen LogP contribution in [0.3, 0.4) is 0 Å². The molecule has 0 saturated heterocycles. The first kappa shape index (κ1) is 10.4. The molecule has 72 valence electrons. The van der Waals surface area contributed by atoms with E-state index in [0.29, 0.717) is 0 Å². The van der Waals surface area contributed by atoms with Crippen molar-refractivity contribution in [1.82, 2.24) is 0 Å². The van der Waals surface area contributed by atoms with Gasteiger partial charge in [-0.1, -0.05) is 37.6 Å². The van der Waals surface area contributed by atoms with Gasteiger partial charge in [0.25, 0.3) is 0 Å². The van der Waals surface area contributed by atoms with Crippen LogP contribution in [0, 0.1) is 0 Å². The molecule has 0 saturated carbocycles. The predicted molar refractivity (Wildman–Crippen MR) is 55.2 cm³/mol. The molecule has 1 aromatic rings. The van der Waals surface area contributed by atoms with E-state index in [0.717, 1.165) is 10.8 Å². The molecule has 0 radical (unpaired) electrons. The lowest BCUT2D eigenvalue weighted by Crippen LogP contribution is -1.94. The van der Waals surface area contributed by atoms with Crippen LogP contribution in [-0.4, -0.2) is 5.75 Å². The molecule has 0 aliphatic heterocycles. The van der Waals surface area contributed by atoms with Gasteiger partial charge in [0.05, 0.1) is 0 Å². The van der Waals surface area contributed by atoms with E-state index in [9.17, 15) is 4.79 Å². The Hall–Kier alpha value is -0.700. The molecule has 0 N–H and O–H groups in total. The van der Waals surface area contributed by atoms with E-state index < -0.39 is 0 Å². The third-order valence-electron chi connectivity index (χ3n) is 1.66. The molecule has 0 amide bonds. The molecule has 0 aliphatic carbocycles. The highest BCUT2D eigenvalue weighted by Gasteiger charge is 1.95. The number of hydrogen-bond donors (Lipinski definition) is 0. The summed E-state index contributed by atoms with van der Waals surface area (Å²) >= 11 is 1.61. The minimum atomic E-state index is -0.263. The second-order valence-electron chi connectivity index (χ2n) is 2.82. The van der Waals surface area contributed by atoms with Crippen LogP contribution in [0.2, 0.25) is 0 Å². The summed E-state index contributed by atoms with van der Waals surface area (Å²) in [4.78, 5) is 10.8. The van der Waals surface area contributed by atoms with Crippen molar-refractivity contribution >= 4 is 11.8 Å². The van der Waals surface area contributed by atoms with Gasteiger partial charge < -0.3 is 4.42 Å². The van der Waals surface area contributed by atoms with E-state index in [1.54, 1.807) is 17.8 Å². The molecular weight excluding hydrogens is 184 g/mol. The summed E-state index contributed by atoms with van der Waals surface area (Å²) in [7, 11) is 0. The molecule has 0 atom stereocenters. The second kappa shape index (κ2) is 5.86. The molecule has 0 aromatic carbocycles. The summed E-state index contributed by atoms with van der Waals surface area (Å²) in [6.45, 7) is 2.17. The maximum atomic E-state index is 10.8. The molecule has 0 spiro atoms. The maximum absolute atomic E-state index is 10.8. The Morgan fingerprint density at radius 3 is 2.92 bits per heavy atom. The fraction of sp³-hybridized carbons (Fsp3) is 0.500. The molecular formula is C10H14O2S. The van der Waals surface area contributed by atoms with Crippen LogP contribution in [0.5, 0.6) is 0 Å². The molecule has 1 heterocycles. The van der Waals surface area contributed by atoms with Crippen molar-refractivity contribution in [3.05, 3.63) is 28.6 Å². The fourth-order valence-corrected chi connectivity index (χ4v) is 1.84. The number of thioether (sulfide) groups is 1. The van der Waals surface area contributed by atoms with Crippen LogP contribution >= 0.6 is 11.8 Å². The third kappa shape index (κ3) is 4.18. The number of rotatable bonds is 5. The summed E-state index contributed by atoms with van der Waals surface area (Å²) < 4.78 is 4.96. The molecule has 1 rings (SSSR count). The molecule has 0 fully saturated rings. The van der Waals surface area contributed by atoms with Crippen LogP contribution in [0.1, 0.15) is 26.2 Å². The average molecular weight is 198 g/mol. The largest absolute Gasteiger partial charge is 0.416 e. The van der Waals surface area contributed by atoms with Crippen molar-refractivity contribution in [2.24, 2.45) is 0 Å². The quantitative estimate of drug-likeness (QED) is 0.538. The normalized spacial score (nSPS) is 10.2. The van der Waals surface area contributed by atoms with Crippen LogP contribution in [0.15, 0.2) is 32.5 Å². The lowest BCUT2D eigenvalue weighted by molar-refractivity contribution is 0.422. The lowest BCUT2D eigenvalue weighted by atomic mass is 10.3. The molecule has 0 aliphatic rings. The van der Waals surface area contributed by atoms with Gasteiger partial charge in [0.2, 0.25) is 0 Å². The molecule has 0 unspecified atom stereocenters. The van der Waals surface area contributed by atoms with Crippen molar-refractivity contribution in [2.45, 2.75) is 31.3 Å². The highest BCUT2D eigenvalue weighted by Crippen LogP contribution is 2.17. The van der Waals surface area contributed by atoms with E-state index in [-0.39, 0.29) is 5.63 Å². The summed E-state index contributed by atoms with van der Waals surface area (Å²) in [6.07, 6.45) is 3.64. The minimum Gasteiger partial charge on any atom is -0.416 e. The standard InChI is InChI=1S/C10H14O2S/c1-2-3-4-8-13-10-7-5-6-9(11)12-10/h5-7H,2-4,8H2,1H3. The van der Waals surface area contributed by atoms with E-state index >= 15 is 0 Å². The number of unbranched alkanes of at least 4 members (excludes halogenated alkanes) is 2. The van der Waals surface area contributed by atoms with Gasteiger partial charge in [0, 0.05) is 11.8 Å². The summed E-state index contributed by atoms with van der Waals surface area (Å²) in [6, 6.07) is 4.99. The van der Waals surface area contributed by atoms with Crippen molar-refractivity contribution in [3.63, 3.8) is 0 Å². The Morgan fingerprint density at radius 1 is 1.38 bits per heavy atom. The summed E-state index contributed by atoms with van der Waals surface area (Å²) in [5, 5.41) is 0.726. The van der Waals surface area contributed by atoms with Gasteiger partial charge >= 0.3 is 5.63 Å². The first-order valence-electron chi connectivity index (χ1n) is 4.56. The molecule has 13 heavy (non-hydrogen) atoms. The maximum Gasteiger partial charge on any atom is 0.336 e. The van der Waals surface area contributed by atoms with Crippen LogP contribution in [-0.2, 0) is 0 Å². The number of hydrogen-bond acceptors (Lipinski definition) is 3. The molecule has 2 nitrogen and oxygen atoms in total. The van der Waals surface area contributed by atoms with Gasteiger partial charge in [-0.2, -0.15) is 0 Å². The van der Waals surface area contributed by atoms with E-state index in [1.807, 2.05) is 6.07 Å². The Labute approximate surface area is 82.3 Å². The molecule has 0 bridgehead atoms. The van der Waals surface area contributed by atoms with Crippen LogP contribution < -0.4 is 5.63 Å². The second-order valence-corrected chi connectivity index (χ2v) is 3.92. The zero-order chi connectivity index (χ0) is 9.52. The molecule has 1 aromatic heterocycles. The first-order valence-corrected chi connectivity index (χ1v) is 5.54. The van der Waals surface area contributed by atoms with Crippen molar-refractivity contribution in [3.8, 4) is 0 Å². The van der Waals surface area contributed by atoms with Crippen molar-refractivity contribution in [1.29, 1.82) is 0 Å². The lowest BCUT2D eigenvalue weighted by Gasteiger charge is -1.97. The van der Waals surface area contributed by atoms with E-state index in [4.69, 9.17) is 4.42 Å². The highest BCUT2D eigenvalue weighted by atomic mass is 32.2. The zero-order valence-electron chi connectivity index (χ0n) is 7.79. The topological polar surface area (TPSA) is 30.2 Å². The average Bonchev–Trinajstić information content (AvgIpc) is 2.13. The van der Waals surface area contributed by atoms with Gasteiger partial charge in [-0.15, -0.1) is 0 Å². The fourth-order valence-electron chi connectivity index (χ4n) is 0.975. The van der Waals surface area contributed by atoms with E-state index in [1.165, 1.54) is 25.3 Å². The van der Waals surface area contributed by atoms with Crippen LogP contribution in [0.4, 0.5) is 0 Å². The Balaban J connectivity index is 2.33. The van der Waals surface area contributed by atoms with Gasteiger partial charge in [-0.3, -0.25) is 0 Å². The zero-order valence-corrected chi connectivity index (χ0v) is 8.60. The predicted octanol–water partition coefficient (Wildman–Crippen LogP) is 2.92. The minimum absolute atomic E-state index is 0.263. The third-order valence-corrected chi connectivity index (χ3v) is 2.65. The Morgan fingerprint density at radius 2 is 2.23 bits per heavy atom.